The maximum atomic E-state index is 13.8. The zero-order valence-electron chi connectivity index (χ0n) is 18.6. The van der Waals surface area contributed by atoms with Crippen LogP contribution in [0, 0.1) is 6.92 Å². The number of H-pyrrole nitrogens is 1. The Morgan fingerprint density at radius 2 is 2.00 bits per heavy atom. The quantitative estimate of drug-likeness (QED) is 0.599. The number of nitrogens with one attached hydrogen (secondary N) is 2. The number of aromatic amines is 1. The first-order valence-corrected chi connectivity index (χ1v) is 11.0. The fourth-order valence-corrected chi connectivity index (χ4v) is 4.51. The minimum Gasteiger partial charge on any atom is -0.379 e. The first kappa shape index (κ1) is 22.4. The number of benzene rings is 2. The van der Waals surface area contributed by atoms with Crippen molar-refractivity contribution in [2.75, 3.05) is 18.5 Å². The van der Waals surface area contributed by atoms with Crippen molar-refractivity contribution in [3.05, 3.63) is 69.3 Å². The Morgan fingerprint density at radius 3 is 2.71 bits per heavy atom. The molecule has 0 bridgehead atoms. The van der Waals surface area contributed by atoms with Gasteiger partial charge in [-0.3, -0.25) is 9.59 Å². The van der Waals surface area contributed by atoms with Gasteiger partial charge in [0, 0.05) is 23.8 Å². The summed E-state index contributed by atoms with van der Waals surface area (Å²) in [4.78, 5) is 33.5. The molecule has 178 valence electrons. The number of rotatable bonds is 4. The Balaban J connectivity index is 1.40. The van der Waals surface area contributed by atoms with E-state index in [1.807, 2.05) is 4.90 Å². The Morgan fingerprint density at radius 1 is 1.26 bits per heavy atom. The second-order valence-electron chi connectivity index (χ2n) is 8.76. The number of halogens is 3. The molecule has 10 heteroatoms. The lowest BCUT2D eigenvalue weighted by atomic mass is 9.98. The number of amides is 1. The minimum atomic E-state index is -4.62. The number of ether oxygens (including phenoxy) is 1. The second-order valence-corrected chi connectivity index (χ2v) is 8.76. The monoisotopic (exact) mass is 472 g/mol. The third kappa shape index (κ3) is 4.13. The molecule has 1 aliphatic carbocycles. The van der Waals surface area contributed by atoms with Gasteiger partial charge < -0.3 is 19.9 Å². The van der Waals surface area contributed by atoms with E-state index < -0.39 is 23.3 Å². The van der Waals surface area contributed by atoms with Gasteiger partial charge in [0.1, 0.15) is 5.82 Å². The van der Waals surface area contributed by atoms with Gasteiger partial charge in [-0.15, -0.1) is 0 Å². The van der Waals surface area contributed by atoms with Crippen LogP contribution in [0.2, 0.25) is 0 Å². The predicted molar refractivity (Wildman–Crippen MR) is 120 cm³/mol. The molecule has 2 aromatic carbocycles. The largest absolute Gasteiger partial charge is 0.416 e. The average molecular weight is 472 g/mol. The smallest absolute Gasteiger partial charge is 0.379 e. The first-order valence-electron chi connectivity index (χ1n) is 11.0. The molecule has 3 aromatic rings. The number of hydrogen-bond donors (Lipinski definition) is 2. The highest BCUT2D eigenvalue weighted by Gasteiger charge is 2.47. The number of anilines is 1. The van der Waals surface area contributed by atoms with E-state index in [-0.39, 0.29) is 40.3 Å². The molecule has 2 N–H and O–H groups in total. The van der Waals surface area contributed by atoms with Crippen molar-refractivity contribution < 1.29 is 22.7 Å². The van der Waals surface area contributed by atoms with Gasteiger partial charge in [-0.25, -0.2) is 4.98 Å². The molecule has 0 radical (unpaired) electrons. The molecule has 1 saturated heterocycles. The number of nitrogens with zero attached hydrogens (tertiary/aromatic N) is 2. The van der Waals surface area contributed by atoms with E-state index in [1.165, 1.54) is 13.0 Å². The topological polar surface area (TPSA) is 87.3 Å². The van der Waals surface area contributed by atoms with E-state index in [1.54, 1.807) is 31.2 Å². The summed E-state index contributed by atoms with van der Waals surface area (Å²) < 4.78 is 47.0. The lowest BCUT2D eigenvalue weighted by molar-refractivity contribution is -0.138. The Hall–Kier alpha value is -3.40. The highest BCUT2D eigenvalue weighted by atomic mass is 19.4. The third-order valence-corrected chi connectivity index (χ3v) is 6.31. The average Bonchev–Trinajstić information content (AvgIpc) is 3.57. The molecule has 0 unspecified atom stereocenters. The van der Waals surface area contributed by atoms with Gasteiger partial charge in [0.25, 0.3) is 11.5 Å². The van der Waals surface area contributed by atoms with Crippen LogP contribution in [0.25, 0.3) is 10.9 Å². The molecule has 1 aliphatic heterocycles. The van der Waals surface area contributed by atoms with Gasteiger partial charge in [0.05, 0.1) is 35.2 Å². The van der Waals surface area contributed by atoms with Crippen molar-refractivity contribution in [1.82, 2.24) is 14.9 Å². The van der Waals surface area contributed by atoms with E-state index in [0.717, 1.165) is 12.5 Å². The number of alkyl halides is 3. The number of fused-ring (bicyclic) bond motifs is 2. The van der Waals surface area contributed by atoms with Crippen LogP contribution in [0.4, 0.5) is 18.9 Å². The van der Waals surface area contributed by atoms with Crippen LogP contribution >= 0.6 is 0 Å². The Kier molecular flexibility index (Phi) is 5.35. The van der Waals surface area contributed by atoms with Gasteiger partial charge in [-0.2, -0.15) is 13.2 Å². The molecule has 5 rings (SSSR count). The summed E-state index contributed by atoms with van der Waals surface area (Å²) in [5, 5.41) is 3.14. The van der Waals surface area contributed by atoms with Crippen molar-refractivity contribution in [1.29, 1.82) is 0 Å². The van der Waals surface area contributed by atoms with E-state index in [0.29, 0.717) is 24.4 Å². The predicted octanol–water partition coefficient (Wildman–Crippen LogP) is 4.04. The van der Waals surface area contributed by atoms with Crippen LogP contribution in [0.15, 0.2) is 41.2 Å². The SMILES string of the molecule is Cc1nc2cc(C(F)(F)F)c([C@H](C)Nc3ccc(C(=O)N4CCO[C@@H]5C[C@@H]54)cc3)cc2c(=O)[nH]1. The lowest BCUT2D eigenvalue weighted by Crippen LogP contribution is -2.41. The Labute approximate surface area is 192 Å². The van der Waals surface area contributed by atoms with Crippen LogP contribution in [0.5, 0.6) is 0 Å². The van der Waals surface area contributed by atoms with Gasteiger partial charge in [-0.1, -0.05) is 0 Å². The second kappa shape index (κ2) is 8.12. The van der Waals surface area contributed by atoms with Crippen LogP contribution < -0.4 is 10.9 Å². The number of carbonyl (C=O) groups excluding carboxylic acids is 1. The van der Waals surface area contributed by atoms with Crippen LogP contribution in [-0.2, 0) is 10.9 Å². The maximum absolute atomic E-state index is 13.8. The standard InChI is InChI=1S/C24H23F3N4O3/c1-12(16-9-17-19(10-18(16)24(25,26)27)29-13(2)30-22(17)32)28-15-5-3-14(4-6-15)23(33)31-7-8-34-21-11-20(21)31/h3-6,9-10,12,20-21,28H,7-8,11H2,1-2H3,(H,29,30,32)/t12-,20-,21+/m0/s1. The Bertz CT molecular complexity index is 1320. The first-order chi connectivity index (χ1) is 16.1. The molecule has 34 heavy (non-hydrogen) atoms. The zero-order chi connectivity index (χ0) is 24.2. The number of aryl methyl sites for hydroxylation is 1. The molecular weight excluding hydrogens is 449 g/mol. The highest BCUT2D eigenvalue weighted by Crippen LogP contribution is 2.38. The van der Waals surface area contributed by atoms with Gasteiger partial charge in [0.15, 0.2) is 0 Å². The number of morpholine rings is 1. The fourth-order valence-electron chi connectivity index (χ4n) is 4.51. The number of hydrogen-bond acceptors (Lipinski definition) is 5. The van der Waals surface area contributed by atoms with E-state index >= 15 is 0 Å². The minimum absolute atomic E-state index is 0.00611. The lowest BCUT2D eigenvalue weighted by Gasteiger charge is -2.27. The molecular formula is C24H23F3N4O3. The summed E-state index contributed by atoms with van der Waals surface area (Å²) >= 11 is 0. The molecule has 1 amide bonds. The van der Waals surface area contributed by atoms with Gasteiger partial charge >= 0.3 is 6.18 Å². The normalized spacial score (nSPS) is 20.7. The highest BCUT2D eigenvalue weighted by molar-refractivity contribution is 5.95. The van der Waals surface area contributed by atoms with E-state index in [9.17, 15) is 22.8 Å². The third-order valence-electron chi connectivity index (χ3n) is 6.31. The summed E-state index contributed by atoms with van der Waals surface area (Å²) in [7, 11) is 0. The number of carbonyl (C=O) groups is 1. The van der Waals surface area contributed by atoms with Crippen molar-refractivity contribution in [3.8, 4) is 0 Å². The molecule has 2 fully saturated rings. The maximum Gasteiger partial charge on any atom is 0.416 e. The van der Waals surface area contributed by atoms with E-state index in [2.05, 4.69) is 15.3 Å². The van der Waals surface area contributed by atoms with Gasteiger partial charge in [-0.05, 0) is 62.2 Å². The molecule has 0 spiro atoms. The molecule has 2 aliphatic rings. The van der Waals surface area contributed by atoms with Crippen LogP contribution in [0.3, 0.4) is 0 Å². The molecule has 1 aromatic heterocycles. The summed E-state index contributed by atoms with van der Waals surface area (Å²) in [6.45, 7) is 4.18. The summed E-state index contributed by atoms with van der Waals surface area (Å²) in [5.41, 5.74) is -0.345. The van der Waals surface area contributed by atoms with Crippen LogP contribution in [0.1, 0.15) is 46.7 Å². The molecule has 1 saturated carbocycles. The summed E-state index contributed by atoms with van der Waals surface area (Å²) in [6, 6.07) is 8.17. The van der Waals surface area contributed by atoms with E-state index in [4.69, 9.17) is 4.74 Å². The zero-order valence-corrected chi connectivity index (χ0v) is 18.6. The summed E-state index contributed by atoms with van der Waals surface area (Å²) in [5.74, 6) is 0.166. The van der Waals surface area contributed by atoms with Crippen molar-refractivity contribution in [3.63, 3.8) is 0 Å². The van der Waals surface area contributed by atoms with Crippen molar-refractivity contribution >= 4 is 22.5 Å². The molecule has 7 nitrogen and oxygen atoms in total. The van der Waals surface area contributed by atoms with Crippen LogP contribution in [-0.4, -0.2) is 46.1 Å². The van der Waals surface area contributed by atoms with Crippen molar-refractivity contribution in [2.24, 2.45) is 0 Å². The summed E-state index contributed by atoms with van der Waals surface area (Å²) in [6.07, 6.45) is -3.63. The molecule has 3 atom stereocenters. The number of aromatic nitrogens is 2. The fraction of sp³-hybridized carbons (Fsp3) is 0.375. The van der Waals surface area contributed by atoms with Gasteiger partial charge in [0.2, 0.25) is 0 Å². The van der Waals surface area contributed by atoms with Crippen molar-refractivity contribution in [2.45, 2.75) is 44.6 Å². The molecule has 2 heterocycles.